The fourth-order valence-corrected chi connectivity index (χ4v) is 3.70. The second-order valence-corrected chi connectivity index (χ2v) is 8.50. The van der Waals surface area contributed by atoms with E-state index in [1.54, 1.807) is 0 Å². The minimum atomic E-state index is -0.426. The molecule has 4 heteroatoms. The number of alkyl carbamates (subject to hydrolysis) is 1. The third kappa shape index (κ3) is 7.11. The van der Waals surface area contributed by atoms with Gasteiger partial charge in [0.25, 0.3) is 0 Å². The molecular formula is C19H36N2O2. The van der Waals surface area contributed by atoms with Crippen LogP contribution in [0.4, 0.5) is 4.79 Å². The highest BCUT2D eigenvalue weighted by Crippen LogP contribution is 2.34. The molecule has 1 unspecified atom stereocenters. The first-order valence-electron chi connectivity index (χ1n) is 9.60. The monoisotopic (exact) mass is 324 g/mol. The van der Waals surface area contributed by atoms with Crippen LogP contribution in [0.15, 0.2) is 0 Å². The molecule has 134 valence electrons. The summed E-state index contributed by atoms with van der Waals surface area (Å²) < 4.78 is 5.34. The van der Waals surface area contributed by atoms with E-state index >= 15 is 0 Å². The quantitative estimate of drug-likeness (QED) is 0.736. The van der Waals surface area contributed by atoms with Gasteiger partial charge in [0.2, 0.25) is 0 Å². The lowest BCUT2D eigenvalue weighted by atomic mass is 9.83. The Labute approximate surface area is 142 Å². The number of carbonyl (C=O) groups is 1. The molecule has 0 bridgehead atoms. The van der Waals surface area contributed by atoms with Crippen molar-refractivity contribution in [2.75, 3.05) is 6.54 Å². The molecule has 23 heavy (non-hydrogen) atoms. The van der Waals surface area contributed by atoms with Gasteiger partial charge in [0.05, 0.1) is 0 Å². The van der Waals surface area contributed by atoms with Crippen LogP contribution in [-0.4, -0.2) is 30.3 Å². The van der Waals surface area contributed by atoms with Gasteiger partial charge in [-0.1, -0.05) is 19.8 Å². The van der Waals surface area contributed by atoms with E-state index in [0.29, 0.717) is 18.6 Å². The van der Waals surface area contributed by atoms with Crippen LogP contribution in [0.25, 0.3) is 0 Å². The first kappa shape index (κ1) is 18.6. The van der Waals surface area contributed by atoms with Crippen LogP contribution in [-0.2, 0) is 4.74 Å². The van der Waals surface area contributed by atoms with Crippen LogP contribution in [0.5, 0.6) is 0 Å². The van der Waals surface area contributed by atoms with Crippen molar-refractivity contribution in [3.63, 3.8) is 0 Å². The molecule has 0 spiro atoms. The minimum Gasteiger partial charge on any atom is -0.444 e. The molecule has 2 aliphatic carbocycles. The van der Waals surface area contributed by atoms with Crippen molar-refractivity contribution in [1.29, 1.82) is 0 Å². The average molecular weight is 325 g/mol. The maximum Gasteiger partial charge on any atom is 0.407 e. The summed E-state index contributed by atoms with van der Waals surface area (Å²) in [6.07, 6.45) is 10.3. The van der Waals surface area contributed by atoms with E-state index in [1.165, 1.54) is 51.4 Å². The predicted octanol–water partition coefficient (Wildman–Crippen LogP) is 4.24. The summed E-state index contributed by atoms with van der Waals surface area (Å²) in [5, 5.41) is 6.78. The fourth-order valence-electron chi connectivity index (χ4n) is 3.70. The molecule has 2 aliphatic rings. The lowest BCUT2D eigenvalue weighted by molar-refractivity contribution is 0.0519. The van der Waals surface area contributed by atoms with E-state index in [-0.39, 0.29) is 6.09 Å². The normalized spacial score (nSPS) is 26.6. The van der Waals surface area contributed by atoms with Crippen LogP contribution >= 0.6 is 0 Å². The van der Waals surface area contributed by atoms with Crippen LogP contribution in [0.2, 0.25) is 0 Å². The van der Waals surface area contributed by atoms with Gasteiger partial charge in [-0.2, -0.15) is 0 Å². The highest BCUT2D eigenvalue weighted by molar-refractivity contribution is 5.67. The molecule has 0 aromatic heterocycles. The van der Waals surface area contributed by atoms with Crippen LogP contribution in [0, 0.1) is 11.8 Å². The molecular weight excluding hydrogens is 288 g/mol. The Morgan fingerprint density at radius 3 is 2.30 bits per heavy atom. The maximum atomic E-state index is 11.9. The molecule has 0 aromatic rings. The second kappa shape index (κ2) is 8.36. The highest BCUT2D eigenvalue weighted by atomic mass is 16.6. The molecule has 1 amide bonds. The zero-order chi connectivity index (χ0) is 16.9. The van der Waals surface area contributed by atoms with Gasteiger partial charge in [0, 0.05) is 18.6 Å². The SMILES string of the molecule is CCCC1CCC(NC(CNC(=O)OC(C)(C)C)C2CC2)CC1. The second-order valence-electron chi connectivity index (χ2n) is 8.50. The highest BCUT2D eigenvalue weighted by Gasteiger charge is 2.34. The van der Waals surface area contributed by atoms with E-state index in [2.05, 4.69) is 17.6 Å². The molecule has 2 N–H and O–H groups in total. The molecule has 2 saturated carbocycles. The molecule has 0 heterocycles. The molecule has 1 atom stereocenters. The van der Waals surface area contributed by atoms with Crippen molar-refractivity contribution in [1.82, 2.24) is 10.6 Å². The Kier molecular flexibility index (Phi) is 6.75. The standard InChI is InChI=1S/C19H36N2O2/c1-5-6-14-7-11-16(12-8-14)21-17(15-9-10-15)13-20-18(22)23-19(2,3)4/h14-17,21H,5-13H2,1-4H3,(H,20,22). The third-order valence-electron chi connectivity index (χ3n) is 5.05. The van der Waals surface area contributed by atoms with Crippen LogP contribution in [0.3, 0.4) is 0 Å². The topological polar surface area (TPSA) is 50.4 Å². The summed E-state index contributed by atoms with van der Waals surface area (Å²) in [5.41, 5.74) is -0.426. The Morgan fingerprint density at radius 1 is 1.13 bits per heavy atom. The zero-order valence-electron chi connectivity index (χ0n) is 15.5. The lowest BCUT2D eigenvalue weighted by Gasteiger charge is -2.32. The number of ether oxygens (including phenoxy) is 1. The zero-order valence-corrected chi connectivity index (χ0v) is 15.5. The van der Waals surface area contributed by atoms with Crippen molar-refractivity contribution in [3.05, 3.63) is 0 Å². The van der Waals surface area contributed by atoms with Gasteiger partial charge in [0.1, 0.15) is 5.60 Å². The van der Waals surface area contributed by atoms with Crippen LogP contribution < -0.4 is 10.6 Å². The molecule has 2 fully saturated rings. The summed E-state index contributed by atoms with van der Waals surface area (Å²) in [7, 11) is 0. The molecule has 0 radical (unpaired) electrons. The average Bonchev–Trinajstić information content (AvgIpc) is 3.28. The Balaban J connectivity index is 1.71. The third-order valence-corrected chi connectivity index (χ3v) is 5.05. The number of hydrogen-bond acceptors (Lipinski definition) is 3. The molecule has 4 nitrogen and oxygen atoms in total. The minimum absolute atomic E-state index is 0.295. The predicted molar refractivity (Wildman–Crippen MR) is 94.5 cm³/mol. The number of carbonyl (C=O) groups excluding carboxylic acids is 1. The van der Waals surface area contributed by atoms with E-state index in [9.17, 15) is 4.79 Å². The van der Waals surface area contributed by atoms with Gasteiger partial charge in [-0.15, -0.1) is 0 Å². The first-order valence-corrected chi connectivity index (χ1v) is 9.60. The van der Waals surface area contributed by atoms with Crippen molar-refractivity contribution >= 4 is 6.09 Å². The van der Waals surface area contributed by atoms with Crippen molar-refractivity contribution in [2.24, 2.45) is 11.8 Å². The summed E-state index contributed by atoms with van der Waals surface area (Å²) in [6, 6.07) is 1.05. The lowest BCUT2D eigenvalue weighted by Crippen LogP contribution is -2.48. The molecule has 0 saturated heterocycles. The Hall–Kier alpha value is -0.770. The van der Waals surface area contributed by atoms with Gasteiger partial charge >= 0.3 is 6.09 Å². The number of amides is 1. The van der Waals surface area contributed by atoms with Crippen molar-refractivity contribution in [3.8, 4) is 0 Å². The largest absolute Gasteiger partial charge is 0.444 e. The summed E-state index contributed by atoms with van der Waals surface area (Å²) >= 11 is 0. The van der Waals surface area contributed by atoms with Gasteiger partial charge < -0.3 is 15.4 Å². The summed E-state index contributed by atoms with van der Waals surface area (Å²) in [6.45, 7) is 8.68. The number of hydrogen-bond donors (Lipinski definition) is 2. The van der Waals surface area contributed by atoms with Crippen molar-refractivity contribution in [2.45, 2.75) is 96.7 Å². The van der Waals surface area contributed by atoms with Gasteiger partial charge in [0.15, 0.2) is 0 Å². The van der Waals surface area contributed by atoms with Gasteiger partial charge in [-0.05, 0) is 71.1 Å². The number of rotatable bonds is 7. The molecule has 0 aliphatic heterocycles. The van der Waals surface area contributed by atoms with Crippen molar-refractivity contribution < 1.29 is 9.53 Å². The van der Waals surface area contributed by atoms with E-state index < -0.39 is 5.60 Å². The van der Waals surface area contributed by atoms with Crippen LogP contribution in [0.1, 0.15) is 79.1 Å². The fraction of sp³-hybridized carbons (Fsp3) is 0.947. The summed E-state index contributed by atoms with van der Waals surface area (Å²) in [4.78, 5) is 11.9. The van der Waals surface area contributed by atoms with Gasteiger partial charge in [-0.25, -0.2) is 4.79 Å². The van der Waals surface area contributed by atoms with E-state index in [4.69, 9.17) is 4.74 Å². The first-order chi connectivity index (χ1) is 10.9. The number of nitrogens with one attached hydrogen (secondary N) is 2. The van der Waals surface area contributed by atoms with E-state index in [1.807, 2.05) is 20.8 Å². The summed E-state index contributed by atoms with van der Waals surface area (Å²) in [5.74, 6) is 1.68. The Morgan fingerprint density at radius 2 is 1.78 bits per heavy atom. The Bertz CT molecular complexity index is 366. The van der Waals surface area contributed by atoms with E-state index in [0.717, 1.165) is 11.8 Å². The molecule has 0 aromatic carbocycles. The maximum absolute atomic E-state index is 11.9. The molecule has 2 rings (SSSR count). The van der Waals surface area contributed by atoms with Gasteiger partial charge in [-0.3, -0.25) is 0 Å². The smallest absolute Gasteiger partial charge is 0.407 e.